The van der Waals surface area contributed by atoms with Crippen LogP contribution in [0.25, 0.3) is 0 Å². The standard InChI is InChI=1S/C14H7BrN2O7S/c15-6-4-8(25(22,23)24)12(16)11-10(6)13(18)5-2-1-3-7(17(20)21)9(5)14(11)19/h1-4H,16H2,(H,22,23,24). The molecular formula is C14H7BrN2O7S. The lowest BCUT2D eigenvalue weighted by Gasteiger charge is -2.21. The van der Waals surface area contributed by atoms with Gasteiger partial charge in [-0.15, -0.1) is 0 Å². The van der Waals surface area contributed by atoms with Crippen LogP contribution in [0.15, 0.2) is 33.6 Å². The number of nitrogens with zero attached hydrogens (tertiary/aromatic N) is 1. The normalized spacial score (nSPS) is 13.4. The Kier molecular flexibility index (Phi) is 3.74. The molecule has 0 saturated carbocycles. The first-order valence-electron chi connectivity index (χ1n) is 6.52. The minimum Gasteiger partial charge on any atom is -0.397 e. The van der Waals surface area contributed by atoms with Crippen LogP contribution in [-0.2, 0) is 10.1 Å². The molecule has 2 aromatic carbocycles. The van der Waals surface area contributed by atoms with E-state index < -0.39 is 54.0 Å². The third-order valence-electron chi connectivity index (χ3n) is 3.72. The molecule has 128 valence electrons. The third kappa shape index (κ3) is 2.44. The highest BCUT2D eigenvalue weighted by Gasteiger charge is 2.39. The number of carbonyl (C=O) groups excluding carboxylic acids is 2. The Hall–Kier alpha value is -2.63. The molecule has 1 aliphatic carbocycles. The first kappa shape index (κ1) is 17.2. The van der Waals surface area contributed by atoms with E-state index in [-0.39, 0.29) is 15.6 Å². The van der Waals surface area contributed by atoms with E-state index in [0.717, 1.165) is 12.1 Å². The van der Waals surface area contributed by atoms with E-state index in [1.165, 1.54) is 12.1 Å². The van der Waals surface area contributed by atoms with Gasteiger partial charge >= 0.3 is 0 Å². The van der Waals surface area contributed by atoms with Crippen molar-refractivity contribution in [3.8, 4) is 0 Å². The average molecular weight is 427 g/mol. The topological polar surface area (TPSA) is 158 Å². The number of nitrogen functional groups attached to an aromatic ring is 1. The second-order valence-electron chi connectivity index (χ2n) is 5.11. The van der Waals surface area contributed by atoms with Gasteiger partial charge < -0.3 is 5.73 Å². The molecule has 9 nitrogen and oxygen atoms in total. The Bertz CT molecular complexity index is 1110. The molecule has 11 heteroatoms. The maximum Gasteiger partial charge on any atom is 0.296 e. The summed E-state index contributed by atoms with van der Waals surface area (Å²) in [4.78, 5) is 35.1. The third-order valence-corrected chi connectivity index (χ3v) is 5.24. The average Bonchev–Trinajstić information content (AvgIpc) is 2.52. The summed E-state index contributed by atoms with van der Waals surface area (Å²) >= 11 is 2.99. The zero-order valence-electron chi connectivity index (χ0n) is 12.0. The number of nitrogens with two attached hydrogens (primary N) is 1. The number of rotatable bonds is 2. The van der Waals surface area contributed by atoms with Gasteiger partial charge in [-0.2, -0.15) is 8.42 Å². The highest BCUT2D eigenvalue weighted by Crippen LogP contribution is 2.40. The van der Waals surface area contributed by atoms with Gasteiger partial charge in [0.2, 0.25) is 5.78 Å². The molecule has 0 radical (unpaired) electrons. The van der Waals surface area contributed by atoms with E-state index in [2.05, 4.69) is 15.9 Å². The maximum atomic E-state index is 12.8. The Morgan fingerprint density at radius 3 is 2.32 bits per heavy atom. The number of nitro benzene ring substituents is 1. The fourth-order valence-corrected chi connectivity index (χ4v) is 4.10. The van der Waals surface area contributed by atoms with E-state index in [1.54, 1.807) is 0 Å². The van der Waals surface area contributed by atoms with Crippen LogP contribution >= 0.6 is 15.9 Å². The Balaban J connectivity index is 2.46. The van der Waals surface area contributed by atoms with Gasteiger partial charge in [-0.25, -0.2) is 0 Å². The number of hydrogen-bond acceptors (Lipinski definition) is 7. The summed E-state index contributed by atoms with van der Waals surface area (Å²) in [6, 6.07) is 4.46. The number of ketones is 2. The fourth-order valence-electron chi connectivity index (χ4n) is 2.69. The van der Waals surface area contributed by atoms with Crippen LogP contribution in [0, 0.1) is 10.1 Å². The van der Waals surface area contributed by atoms with Crippen molar-refractivity contribution in [2.45, 2.75) is 4.90 Å². The van der Waals surface area contributed by atoms with Gasteiger partial charge in [0, 0.05) is 16.1 Å². The SMILES string of the molecule is Nc1c(S(=O)(=O)O)cc(Br)c2c1C(=O)c1c(cccc1[N+](=O)[O-])C2=O. The van der Waals surface area contributed by atoms with Crippen molar-refractivity contribution in [3.05, 3.63) is 61.1 Å². The molecule has 0 atom stereocenters. The molecule has 0 bridgehead atoms. The quantitative estimate of drug-likeness (QED) is 0.272. The van der Waals surface area contributed by atoms with E-state index in [1.807, 2.05) is 0 Å². The van der Waals surface area contributed by atoms with E-state index >= 15 is 0 Å². The van der Waals surface area contributed by atoms with Gasteiger partial charge in [0.15, 0.2) is 5.78 Å². The van der Waals surface area contributed by atoms with Crippen LogP contribution in [0.2, 0.25) is 0 Å². The first-order valence-corrected chi connectivity index (χ1v) is 8.75. The molecule has 1 aliphatic rings. The van der Waals surface area contributed by atoms with E-state index in [0.29, 0.717) is 0 Å². The number of hydrogen-bond donors (Lipinski definition) is 2. The van der Waals surface area contributed by atoms with Crippen LogP contribution < -0.4 is 5.73 Å². The molecule has 25 heavy (non-hydrogen) atoms. The minimum atomic E-state index is -4.79. The highest BCUT2D eigenvalue weighted by atomic mass is 79.9. The zero-order valence-corrected chi connectivity index (χ0v) is 14.4. The number of fused-ring (bicyclic) bond motifs is 2. The molecule has 0 heterocycles. The molecule has 0 saturated heterocycles. The Morgan fingerprint density at radius 2 is 1.76 bits per heavy atom. The van der Waals surface area contributed by atoms with Crippen LogP contribution in [0.4, 0.5) is 11.4 Å². The summed E-state index contributed by atoms with van der Waals surface area (Å²) in [6.07, 6.45) is 0. The molecular weight excluding hydrogens is 420 g/mol. The van der Waals surface area contributed by atoms with Crippen molar-refractivity contribution in [2.24, 2.45) is 0 Å². The second-order valence-corrected chi connectivity index (χ2v) is 7.35. The summed E-state index contributed by atoms with van der Waals surface area (Å²) < 4.78 is 32.1. The monoisotopic (exact) mass is 426 g/mol. The van der Waals surface area contributed by atoms with Crippen LogP contribution in [0.3, 0.4) is 0 Å². The van der Waals surface area contributed by atoms with Crippen molar-refractivity contribution in [3.63, 3.8) is 0 Å². The number of benzene rings is 2. The lowest BCUT2D eigenvalue weighted by molar-refractivity contribution is -0.385. The van der Waals surface area contributed by atoms with Gasteiger partial charge in [-0.1, -0.05) is 6.07 Å². The van der Waals surface area contributed by atoms with E-state index in [4.69, 9.17) is 5.73 Å². The van der Waals surface area contributed by atoms with Gasteiger partial charge in [-0.3, -0.25) is 24.3 Å². The predicted octanol–water partition coefficient (Wildman–Crippen LogP) is 1.96. The Labute approximate surface area is 148 Å². The molecule has 0 spiro atoms. The molecule has 3 N–H and O–H groups in total. The molecule has 0 aromatic heterocycles. The minimum absolute atomic E-state index is 0.0835. The van der Waals surface area contributed by atoms with E-state index in [9.17, 15) is 32.7 Å². The van der Waals surface area contributed by atoms with Crippen molar-refractivity contribution >= 4 is 49.0 Å². The number of carbonyl (C=O) groups is 2. The summed E-state index contributed by atoms with van der Waals surface area (Å²) in [6.45, 7) is 0. The summed E-state index contributed by atoms with van der Waals surface area (Å²) in [7, 11) is -4.79. The lowest BCUT2D eigenvalue weighted by atomic mass is 9.82. The summed E-state index contributed by atoms with van der Waals surface area (Å²) in [5.41, 5.74) is 3.05. The summed E-state index contributed by atoms with van der Waals surface area (Å²) in [5.74, 6) is -1.70. The fraction of sp³-hybridized carbons (Fsp3) is 0. The highest BCUT2D eigenvalue weighted by molar-refractivity contribution is 9.10. The number of anilines is 1. The zero-order chi connectivity index (χ0) is 18.7. The van der Waals surface area contributed by atoms with Crippen LogP contribution in [0.1, 0.15) is 31.8 Å². The molecule has 3 rings (SSSR count). The summed E-state index contributed by atoms with van der Waals surface area (Å²) in [5, 5.41) is 11.2. The lowest BCUT2D eigenvalue weighted by Crippen LogP contribution is -2.25. The van der Waals surface area contributed by atoms with Crippen molar-refractivity contribution < 1.29 is 27.5 Å². The first-order chi connectivity index (χ1) is 11.6. The van der Waals surface area contributed by atoms with Crippen molar-refractivity contribution in [2.75, 3.05) is 5.73 Å². The van der Waals surface area contributed by atoms with Crippen LogP contribution in [0.5, 0.6) is 0 Å². The second kappa shape index (κ2) is 5.44. The molecule has 2 aromatic rings. The number of halogens is 1. The van der Waals surface area contributed by atoms with Gasteiger partial charge in [0.1, 0.15) is 10.5 Å². The van der Waals surface area contributed by atoms with Gasteiger partial charge in [0.05, 0.1) is 21.7 Å². The van der Waals surface area contributed by atoms with Crippen molar-refractivity contribution in [1.82, 2.24) is 0 Å². The number of nitro groups is 1. The Morgan fingerprint density at radius 1 is 1.12 bits per heavy atom. The maximum absolute atomic E-state index is 12.8. The van der Waals surface area contributed by atoms with Crippen LogP contribution in [-0.4, -0.2) is 29.5 Å². The predicted molar refractivity (Wildman–Crippen MR) is 88.3 cm³/mol. The smallest absolute Gasteiger partial charge is 0.296 e. The van der Waals surface area contributed by atoms with Gasteiger partial charge in [0.25, 0.3) is 15.8 Å². The van der Waals surface area contributed by atoms with Crippen molar-refractivity contribution in [1.29, 1.82) is 0 Å². The molecule has 0 aliphatic heterocycles. The largest absolute Gasteiger partial charge is 0.397 e. The molecule has 0 fully saturated rings. The molecule has 0 amide bonds. The van der Waals surface area contributed by atoms with Gasteiger partial charge in [-0.05, 0) is 28.1 Å². The molecule has 0 unspecified atom stereocenters.